The number of carbonyl (C=O) groups is 1. The summed E-state index contributed by atoms with van der Waals surface area (Å²) in [6.45, 7) is 1.89. The fraction of sp³-hybridized carbons (Fsp3) is 0.0769. The Labute approximate surface area is 92.4 Å². The average molecular weight is 211 g/mol. The van der Waals surface area contributed by atoms with Gasteiger partial charge in [0.15, 0.2) is 5.78 Å². The van der Waals surface area contributed by atoms with Gasteiger partial charge in [0.1, 0.15) is 5.75 Å². The Morgan fingerprint density at radius 3 is 2.81 bits per heavy atom. The van der Waals surface area contributed by atoms with Gasteiger partial charge in [-0.3, -0.25) is 9.78 Å². The second-order valence-corrected chi connectivity index (χ2v) is 3.91. The summed E-state index contributed by atoms with van der Waals surface area (Å²) >= 11 is 0. The number of phenols is 1. The smallest absolute Gasteiger partial charge is 0.196 e. The van der Waals surface area contributed by atoms with Gasteiger partial charge in [-0.25, -0.2) is 0 Å². The summed E-state index contributed by atoms with van der Waals surface area (Å²) in [5.41, 5.74) is 3.60. The van der Waals surface area contributed by atoms with E-state index in [4.69, 9.17) is 0 Å². The summed E-state index contributed by atoms with van der Waals surface area (Å²) in [6, 6.07) is 6.58. The molecule has 0 saturated heterocycles. The molecule has 0 aliphatic heterocycles. The van der Waals surface area contributed by atoms with E-state index in [9.17, 15) is 9.90 Å². The zero-order valence-electron chi connectivity index (χ0n) is 8.69. The van der Waals surface area contributed by atoms with Crippen LogP contribution in [0.25, 0.3) is 11.3 Å². The monoisotopic (exact) mass is 211 g/mol. The number of pyridine rings is 1. The fourth-order valence-electron chi connectivity index (χ4n) is 2.11. The number of phenolic OH excluding ortho intramolecular Hbond substituents is 1. The summed E-state index contributed by atoms with van der Waals surface area (Å²) < 4.78 is 0. The molecule has 0 fully saturated rings. The van der Waals surface area contributed by atoms with Crippen molar-refractivity contribution >= 4 is 5.78 Å². The third kappa shape index (κ3) is 1.03. The molecule has 3 nitrogen and oxygen atoms in total. The van der Waals surface area contributed by atoms with Crippen molar-refractivity contribution in [3.63, 3.8) is 0 Å². The predicted octanol–water partition coefficient (Wildman–Crippen LogP) is 2.31. The molecule has 1 aliphatic carbocycles. The number of nitrogens with zero attached hydrogens (tertiary/aromatic N) is 1. The normalized spacial score (nSPS) is 12.4. The first kappa shape index (κ1) is 9.09. The highest BCUT2D eigenvalue weighted by molar-refractivity contribution is 6.21. The Bertz CT molecular complexity index is 617. The second-order valence-electron chi connectivity index (χ2n) is 3.91. The van der Waals surface area contributed by atoms with E-state index >= 15 is 0 Å². The molecular weight excluding hydrogens is 202 g/mol. The van der Waals surface area contributed by atoms with Crippen molar-refractivity contribution in [2.75, 3.05) is 0 Å². The quantitative estimate of drug-likeness (QED) is 0.620. The summed E-state index contributed by atoms with van der Waals surface area (Å²) in [6.07, 6.45) is 1.68. The zero-order valence-corrected chi connectivity index (χ0v) is 8.69. The lowest BCUT2D eigenvalue weighted by molar-refractivity contribution is 0.104. The van der Waals surface area contributed by atoms with Crippen molar-refractivity contribution < 1.29 is 9.90 Å². The van der Waals surface area contributed by atoms with Crippen LogP contribution in [0.1, 0.15) is 21.5 Å². The van der Waals surface area contributed by atoms with Gasteiger partial charge in [-0.15, -0.1) is 0 Å². The lowest BCUT2D eigenvalue weighted by Gasteiger charge is -2.00. The first-order valence-electron chi connectivity index (χ1n) is 5.02. The number of hydrogen-bond donors (Lipinski definition) is 1. The number of rotatable bonds is 0. The van der Waals surface area contributed by atoms with Crippen LogP contribution >= 0.6 is 0 Å². The van der Waals surface area contributed by atoms with Crippen molar-refractivity contribution in [2.45, 2.75) is 6.92 Å². The maximum Gasteiger partial charge on any atom is 0.196 e. The van der Waals surface area contributed by atoms with Crippen LogP contribution in [0.5, 0.6) is 5.75 Å². The van der Waals surface area contributed by atoms with E-state index in [2.05, 4.69) is 4.98 Å². The highest BCUT2D eigenvalue weighted by Gasteiger charge is 2.29. The van der Waals surface area contributed by atoms with Gasteiger partial charge >= 0.3 is 0 Å². The molecule has 0 radical (unpaired) electrons. The van der Waals surface area contributed by atoms with Gasteiger partial charge in [0.25, 0.3) is 0 Å². The molecule has 2 aromatic rings. The van der Waals surface area contributed by atoms with Gasteiger partial charge in [-0.2, -0.15) is 0 Å². The van der Waals surface area contributed by atoms with Gasteiger partial charge in [0.2, 0.25) is 0 Å². The molecule has 0 spiro atoms. The molecule has 0 unspecified atom stereocenters. The summed E-state index contributed by atoms with van der Waals surface area (Å²) in [7, 11) is 0. The molecule has 16 heavy (non-hydrogen) atoms. The van der Waals surface area contributed by atoms with E-state index in [-0.39, 0.29) is 11.5 Å². The number of benzene rings is 1. The Balaban J connectivity index is 2.40. The predicted molar refractivity (Wildman–Crippen MR) is 59.5 cm³/mol. The van der Waals surface area contributed by atoms with E-state index in [1.165, 1.54) is 6.07 Å². The minimum atomic E-state index is -0.00407. The number of fused-ring (bicyclic) bond motifs is 3. The van der Waals surface area contributed by atoms with Crippen LogP contribution in [0, 0.1) is 6.92 Å². The Hall–Kier alpha value is -2.16. The van der Waals surface area contributed by atoms with Crippen LogP contribution < -0.4 is 0 Å². The number of aryl methyl sites for hydroxylation is 1. The minimum absolute atomic E-state index is 0.00407. The largest absolute Gasteiger partial charge is 0.508 e. The Kier molecular flexibility index (Phi) is 1.66. The maximum atomic E-state index is 12.1. The lowest BCUT2D eigenvalue weighted by Crippen LogP contribution is -1.98. The molecule has 1 aromatic carbocycles. The standard InChI is InChI=1S/C13H9NO2/c1-7-4-5-14-12-10-6-8(15)2-3-9(10)13(16)11(7)12/h2-6,15H,1H3. The van der Waals surface area contributed by atoms with Gasteiger partial charge < -0.3 is 5.11 Å². The van der Waals surface area contributed by atoms with Crippen LogP contribution in [-0.2, 0) is 0 Å². The lowest BCUT2D eigenvalue weighted by atomic mass is 10.1. The molecule has 1 aliphatic rings. The van der Waals surface area contributed by atoms with Crippen molar-refractivity contribution in [1.29, 1.82) is 0 Å². The van der Waals surface area contributed by atoms with Crippen LogP contribution in [0.2, 0.25) is 0 Å². The van der Waals surface area contributed by atoms with E-state index in [1.54, 1.807) is 18.3 Å². The van der Waals surface area contributed by atoms with Crippen molar-refractivity contribution in [2.24, 2.45) is 0 Å². The Morgan fingerprint density at radius 2 is 2.00 bits per heavy atom. The molecule has 1 aromatic heterocycles. The SMILES string of the molecule is Cc1ccnc2c1C(=O)c1ccc(O)cc1-2. The molecule has 0 saturated carbocycles. The van der Waals surface area contributed by atoms with Gasteiger partial charge in [0, 0.05) is 17.3 Å². The molecule has 78 valence electrons. The number of hydrogen-bond acceptors (Lipinski definition) is 3. The number of carbonyl (C=O) groups excluding carboxylic acids is 1. The van der Waals surface area contributed by atoms with Crippen LogP contribution in [-0.4, -0.2) is 15.9 Å². The summed E-state index contributed by atoms with van der Waals surface area (Å²) in [5.74, 6) is 0.151. The zero-order chi connectivity index (χ0) is 11.3. The second kappa shape index (κ2) is 2.92. The number of ketones is 1. The van der Waals surface area contributed by atoms with E-state index in [0.29, 0.717) is 16.8 Å². The molecule has 3 rings (SSSR count). The highest BCUT2D eigenvalue weighted by Crippen LogP contribution is 2.37. The number of aromatic hydroxyl groups is 1. The van der Waals surface area contributed by atoms with Gasteiger partial charge in [0.05, 0.1) is 11.3 Å². The topological polar surface area (TPSA) is 50.2 Å². The van der Waals surface area contributed by atoms with Gasteiger partial charge in [-0.1, -0.05) is 0 Å². The van der Waals surface area contributed by atoms with Crippen LogP contribution in [0.3, 0.4) is 0 Å². The van der Waals surface area contributed by atoms with E-state index in [1.807, 2.05) is 13.0 Å². The minimum Gasteiger partial charge on any atom is -0.508 e. The number of aromatic nitrogens is 1. The first-order valence-corrected chi connectivity index (χ1v) is 5.02. The molecule has 1 heterocycles. The van der Waals surface area contributed by atoms with E-state index in [0.717, 1.165) is 11.1 Å². The maximum absolute atomic E-state index is 12.1. The van der Waals surface area contributed by atoms with Gasteiger partial charge in [-0.05, 0) is 36.8 Å². The molecule has 1 N–H and O–H groups in total. The molecule has 0 amide bonds. The molecule has 3 heteroatoms. The molecular formula is C13H9NO2. The first-order chi connectivity index (χ1) is 7.68. The third-order valence-corrected chi connectivity index (χ3v) is 2.89. The average Bonchev–Trinajstić information content (AvgIpc) is 2.54. The highest BCUT2D eigenvalue weighted by atomic mass is 16.3. The van der Waals surface area contributed by atoms with Crippen LogP contribution in [0.4, 0.5) is 0 Å². The molecule has 0 atom stereocenters. The summed E-state index contributed by atoms with van der Waals surface area (Å²) in [4.78, 5) is 16.3. The van der Waals surface area contributed by atoms with E-state index < -0.39 is 0 Å². The summed E-state index contributed by atoms with van der Waals surface area (Å²) in [5, 5.41) is 9.44. The molecule has 0 bridgehead atoms. The van der Waals surface area contributed by atoms with Crippen LogP contribution in [0.15, 0.2) is 30.5 Å². The van der Waals surface area contributed by atoms with Crippen molar-refractivity contribution in [1.82, 2.24) is 4.98 Å². The van der Waals surface area contributed by atoms with Crippen molar-refractivity contribution in [3.05, 3.63) is 47.2 Å². The fourth-order valence-corrected chi connectivity index (χ4v) is 2.11. The third-order valence-electron chi connectivity index (χ3n) is 2.89. The Morgan fingerprint density at radius 1 is 1.19 bits per heavy atom. The van der Waals surface area contributed by atoms with Crippen molar-refractivity contribution in [3.8, 4) is 17.0 Å².